The number of rotatable bonds is 4. The summed E-state index contributed by atoms with van der Waals surface area (Å²) in [5.41, 5.74) is 1.15. The van der Waals surface area contributed by atoms with Gasteiger partial charge in [-0.3, -0.25) is 4.90 Å². The third kappa shape index (κ3) is 4.72. The van der Waals surface area contributed by atoms with Crippen molar-refractivity contribution in [3.05, 3.63) is 24.3 Å². The number of nitrogens with one attached hydrogen (secondary N) is 1. The summed E-state index contributed by atoms with van der Waals surface area (Å²) in [6.45, 7) is 9.32. The summed E-state index contributed by atoms with van der Waals surface area (Å²) in [7, 11) is 0. The lowest BCUT2D eigenvalue weighted by Crippen LogP contribution is -2.52. The van der Waals surface area contributed by atoms with Crippen LogP contribution in [0.3, 0.4) is 0 Å². The fourth-order valence-corrected chi connectivity index (χ4v) is 3.37. The highest BCUT2D eigenvalue weighted by molar-refractivity contribution is 7.80. The maximum absolute atomic E-state index is 9.38. The van der Waals surface area contributed by atoms with E-state index in [0.717, 1.165) is 76.4 Å². The number of hydrogen-bond donors (Lipinski definition) is 2. The van der Waals surface area contributed by atoms with Crippen molar-refractivity contribution in [1.82, 2.24) is 15.1 Å². The van der Waals surface area contributed by atoms with Gasteiger partial charge in [0.05, 0.1) is 13.2 Å². The normalized spacial score (nSPS) is 19.3. The summed E-state index contributed by atoms with van der Waals surface area (Å²) in [5, 5.41) is 13.6. The van der Waals surface area contributed by atoms with Gasteiger partial charge in [0.25, 0.3) is 0 Å². The van der Waals surface area contributed by atoms with Gasteiger partial charge in [-0.2, -0.15) is 0 Å². The molecular weight excluding hydrogens is 324 g/mol. The second-order valence-electron chi connectivity index (χ2n) is 6.18. The lowest BCUT2D eigenvalue weighted by Gasteiger charge is -2.37. The number of phenols is 1. The predicted octanol–water partition coefficient (Wildman–Crippen LogP) is 0.721. The van der Waals surface area contributed by atoms with E-state index in [9.17, 15) is 5.11 Å². The van der Waals surface area contributed by atoms with E-state index in [2.05, 4.69) is 20.0 Å². The summed E-state index contributed by atoms with van der Waals surface area (Å²) in [6.07, 6.45) is 0. The molecule has 3 rings (SSSR count). The molecule has 0 unspecified atom stereocenters. The molecule has 2 saturated heterocycles. The van der Waals surface area contributed by atoms with Crippen molar-refractivity contribution in [3.63, 3.8) is 0 Å². The monoisotopic (exact) mass is 350 g/mol. The van der Waals surface area contributed by atoms with Crippen LogP contribution in [-0.2, 0) is 4.74 Å². The van der Waals surface area contributed by atoms with Gasteiger partial charge in [-0.1, -0.05) is 0 Å². The molecule has 0 aliphatic carbocycles. The number of anilines is 1. The lowest BCUT2D eigenvalue weighted by atomic mass is 10.2. The van der Waals surface area contributed by atoms with Crippen LogP contribution < -0.4 is 10.2 Å². The first-order valence-electron chi connectivity index (χ1n) is 8.59. The van der Waals surface area contributed by atoms with Crippen LogP contribution in [0, 0.1) is 0 Å². The van der Waals surface area contributed by atoms with Crippen LogP contribution in [0.5, 0.6) is 5.75 Å². The quantitative estimate of drug-likeness (QED) is 0.776. The van der Waals surface area contributed by atoms with Crippen LogP contribution >= 0.6 is 12.2 Å². The van der Waals surface area contributed by atoms with Gasteiger partial charge in [0.1, 0.15) is 5.75 Å². The molecule has 132 valence electrons. The summed E-state index contributed by atoms with van der Waals surface area (Å²) in [5.74, 6) is 0.308. The lowest BCUT2D eigenvalue weighted by molar-refractivity contribution is 0.0388. The second-order valence-corrected chi connectivity index (χ2v) is 6.56. The first kappa shape index (κ1) is 17.3. The Labute approximate surface area is 149 Å². The van der Waals surface area contributed by atoms with Gasteiger partial charge in [-0.25, -0.2) is 0 Å². The van der Waals surface area contributed by atoms with Gasteiger partial charge in [-0.15, -0.1) is 0 Å². The minimum atomic E-state index is 0.308. The molecular formula is C17H26N4O2S. The Balaban J connectivity index is 1.37. The SMILES string of the molecule is Oc1ccc(N2CCN(C(=S)NCCN3CCOCC3)CC2)cc1. The number of nitrogens with zero attached hydrogens (tertiary/aromatic N) is 3. The molecule has 1 aromatic rings. The standard InChI is InChI=1S/C17H26N4O2S/c22-16-3-1-15(2-4-16)20-7-9-21(10-8-20)17(24)18-5-6-19-11-13-23-14-12-19/h1-4,22H,5-14H2,(H,18,24). The van der Waals surface area contributed by atoms with Gasteiger partial charge < -0.3 is 25.0 Å². The van der Waals surface area contributed by atoms with Crippen molar-refractivity contribution in [2.24, 2.45) is 0 Å². The van der Waals surface area contributed by atoms with Crippen LogP contribution in [0.25, 0.3) is 0 Å². The summed E-state index contributed by atoms with van der Waals surface area (Å²) < 4.78 is 5.36. The summed E-state index contributed by atoms with van der Waals surface area (Å²) >= 11 is 5.53. The first-order chi connectivity index (χ1) is 11.7. The first-order valence-corrected chi connectivity index (χ1v) is 9.00. The van der Waals surface area contributed by atoms with Gasteiger partial charge in [0.15, 0.2) is 5.11 Å². The number of morpholine rings is 1. The Kier molecular flexibility index (Phi) is 6.12. The molecule has 0 radical (unpaired) electrons. The van der Waals surface area contributed by atoms with Crippen LogP contribution in [0.2, 0.25) is 0 Å². The molecule has 0 aromatic heterocycles. The summed E-state index contributed by atoms with van der Waals surface area (Å²) in [4.78, 5) is 6.97. The molecule has 7 heteroatoms. The number of aromatic hydroxyl groups is 1. The van der Waals surface area contributed by atoms with Crippen molar-refractivity contribution in [2.75, 3.05) is 70.5 Å². The second kappa shape index (κ2) is 8.50. The van der Waals surface area contributed by atoms with E-state index in [0.29, 0.717) is 5.75 Å². The number of thiocarbonyl (C=S) groups is 1. The number of benzene rings is 1. The fraction of sp³-hybridized carbons (Fsp3) is 0.588. The van der Waals surface area contributed by atoms with Gasteiger partial charge in [-0.05, 0) is 36.5 Å². The molecule has 24 heavy (non-hydrogen) atoms. The molecule has 1 aromatic carbocycles. The molecule has 2 N–H and O–H groups in total. The molecule has 2 fully saturated rings. The number of hydrogen-bond acceptors (Lipinski definition) is 5. The molecule has 0 atom stereocenters. The number of ether oxygens (including phenoxy) is 1. The third-order valence-electron chi connectivity index (χ3n) is 4.59. The number of piperazine rings is 1. The van der Waals surface area contributed by atoms with E-state index >= 15 is 0 Å². The average molecular weight is 350 g/mol. The van der Waals surface area contributed by atoms with Crippen molar-refractivity contribution in [3.8, 4) is 5.75 Å². The Morgan fingerprint density at radius 1 is 1.04 bits per heavy atom. The highest BCUT2D eigenvalue weighted by Gasteiger charge is 2.19. The Morgan fingerprint density at radius 2 is 1.71 bits per heavy atom. The van der Waals surface area contributed by atoms with Crippen LogP contribution in [0.15, 0.2) is 24.3 Å². The molecule has 0 bridgehead atoms. The maximum Gasteiger partial charge on any atom is 0.169 e. The predicted molar refractivity (Wildman–Crippen MR) is 99.8 cm³/mol. The molecule has 6 nitrogen and oxygen atoms in total. The maximum atomic E-state index is 9.38. The number of phenolic OH excluding ortho intramolecular Hbond substituents is 1. The van der Waals surface area contributed by atoms with Crippen LogP contribution in [0.4, 0.5) is 5.69 Å². The van der Waals surface area contributed by atoms with Gasteiger partial charge in [0, 0.05) is 58.0 Å². The van der Waals surface area contributed by atoms with E-state index in [4.69, 9.17) is 17.0 Å². The zero-order valence-electron chi connectivity index (χ0n) is 14.0. The molecule has 0 saturated carbocycles. The van der Waals surface area contributed by atoms with E-state index in [-0.39, 0.29) is 0 Å². The van der Waals surface area contributed by atoms with Crippen molar-refractivity contribution >= 4 is 23.0 Å². The van der Waals surface area contributed by atoms with Crippen molar-refractivity contribution in [1.29, 1.82) is 0 Å². The van der Waals surface area contributed by atoms with E-state index in [1.165, 1.54) is 0 Å². The minimum absolute atomic E-state index is 0.308. The minimum Gasteiger partial charge on any atom is -0.508 e. The van der Waals surface area contributed by atoms with Crippen molar-refractivity contribution in [2.45, 2.75) is 0 Å². The molecule has 0 spiro atoms. The Bertz CT molecular complexity index is 526. The highest BCUT2D eigenvalue weighted by atomic mass is 32.1. The van der Waals surface area contributed by atoms with Crippen molar-refractivity contribution < 1.29 is 9.84 Å². The average Bonchev–Trinajstić information content (AvgIpc) is 2.63. The Morgan fingerprint density at radius 3 is 2.38 bits per heavy atom. The van der Waals surface area contributed by atoms with Crippen LogP contribution in [0.1, 0.15) is 0 Å². The van der Waals surface area contributed by atoms with E-state index in [1.54, 1.807) is 12.1 Å². The summed E-state index contributed by atoms with van der Waals surface area (Å²) in [6, 6.07) is 7.40. The van der Waals surface area contributed by atoms with Gasteiger partial charge in [0.2, 0.25) is 0 Å². The molecule has 2 aliphatic heterocycles. The zero-order valence-corrected chi connectivity index (χ0v) is 14.8. The fourth-order valence-electron chi connectivity index (χ4n) is 3.09. The van der Waals surface area contributed by atoms with Gasteiger partial charge >= 0.3 is 0 Å². The van der Waals surface area contributed by atoms with E-state index in [1.807, 2.05) is 12.1 Å². The molecule has 2 aliphatic rings. The molecule has 2 heterocycles. The van der Waals surface area contributed by atoms with Crippen LogP contribution in [-0.4, -0.2) is 85.6 Å². The highest BCUT2D eigenvalue weighted by Crippen LogP contribution is 2.19. The smallest absolute Gasteiger partial charge is 0.169 e. The third-order valence-corrected chi connectivity index (χ3v) is 4.99. The topological polar surface area (TPSA) is 51.2 Å². The van der Waals surface area contributed by atoms with E-state index < -0.39 is 0 Å². The Hall–Kier alpha value is -1.57. The largest absolute Gasteiger partial charge is 0.508 e. The zero-order chi connectivity index (χ0) is 16.8. The molecule has 0 amide bonds.